The maximum Gasteiger partial charge on any atom is 0.224 e. The fourth-order valence-electron chi connectivity index (χ4n) is 2.95. The smallest absolute Gasteiger partial charge is 0.224 e. The van der Waals surface area contributed by atoms with Crippen LogP contribution in [0.5, 0.6) is 23.0 Å². The topological polar surface area (TPSA) is 48.0 Å². The van der Waals surface area contributed by atoms with E-state index in [-0.39, 0.29) is 12.5 Å². The lowest BCUT2D eigenvalue weighted by Gasteiger charge is -2.25. The molecule has 1 amide bonds. The SMILES string of the molecule is CC.CC.COc1ccc(OC)c(CN(C(C)=O)c2cc(F)ccc2Oc2ccccc2)c1. The second kappa shape index (κ2) is 14.5. The summed E-state index contributed by atoms with van der Waals surface area (Å²) in [4.78, 5) is 13.9. The van der Waals surface area contributed by atoms with E-state index in [0.29, 0.717) is 28.7 Å². The summed E-state index contributed by atoms with van der Waals surface area (Å²) in [7, 11) is 3.11. The lowest BCUT2D eigenvalue weighted by molar-refractivity contribution is -0.116. The van der Waals surface area contributed by atoms with E-state index in [4.69, 9.17) is 14.2 Å². The van der Waals surface area contributed by atoms with Crippen molar-refractivity contribution in [3.63, 3.8) is 0 Å². The Morgan fingerprint density at radius 2 is 1.45 bits per heavy atom. The average molecular weight is 456 g/mol. The summed E-state index contributed by atoms with van der Waals surface area (Å²) < 4.78 is 30.7. The van der Waals surface area contributed by atoms with Gasteiger partial charge in [0, 0.05) is 18.6 Å². The Hall–Kier alpha value is -3.54. The summed E-state index contributed by atoms with van der Waals surface area (Å²) >= 11 is 0. The van der Waals surface area contributed by atoms with E-state index < -0.39 is 5.82 Å². The van der Waals surface area contributed by atoms with Crippen LogP contribution in [0.2, 0.25) is 0 Å². The summed E-state index contributed by atoms with van der Waals surface area (Å²) in [5.41, 5.74) is 1.04. The van der Waals surface area contributed by atoms with Gasteiger partial charge in [0.2, 0.25) is 5.91 Å². The third-order valence-corrected chi connectivity index (χ3v) is 4.38. The van der Waals surface area contributed by atoms with Crippen LogP contribution in [0.3, 0.4) is 0 Å². The number of para-hydroxylation sites is 1. The zero-order valence-corrected chi connectivity index (χ0v) is 20.5. The fourth-order valence-corrected chi connectivity index (χ4v) is 2.95. The molecular weight excluding hydrogens is 421 g/mol. The lowest BCUT2D eigenvalue weighted by atomic mass is 10.1. The van der Waals surface area contributed by atoms with Gasteiger partial charge < -0.3 is 19.1 Å². The number of ether oxygens (including phenoxy) is 3. The van der Waals surface area contributed by atoms with Crippen LogP contribution in [0.15, 0.2) is 66.7 Å². The molecule has 5 nitrogen and oxygen atoms in total. The highest BCUT2D eigenvalue weighted by molar-refractivity contribution is 5.93. The van der Waals surface area contributed by atoms with E-state index in [0.717, 1.165) is 5.56 Å². The highest BCUT2D eigenvalue weighted by Crippen LogP contribution is 2.35. The molecule has 0 aromatic heterocycles. The number of methoxy groups -OCH3 is 2. The lowest BCUT2D eigenvalue weighted by Crippen LogP contribution is -2.28. The van der Waals surface area contributed by atoms with Gasteiger partial charge in [0.05, 0.1) is 26.5 Å². The van der Waals surface area contributed by atoms with Gasteiger partial charge in [-0.15, -0.1) is 0 Å². The second-order valence-corrected chi connectivity index (χ2v) is 6.31. The average Bonchev–Trinajstić information content (AvgIpc) is 2.86. The van der Waals surface area contributed by atoms with Crippen molar-refractivity contribution < 1.29 is 23.4 Å². The zero-order chi connectivity index (χ0) is 24.8. The molecule has 0 fully saturated rings. The molecule has 33 heavy (non-hydrogen) atoms. The summed E-state index contributed by atoms with van der Waals surface area (Å²) in [6, 6.07) is 18.5. The number of rotatable bonds is 7. The van der Waals surface area contributed by atoms with E-state index in [9.17, 15) is 9.18 Å². The van der Waals surface area contributed by atoms with E-state index in [2.05, 4.69) is 0 Å². The van der Waals surface area contributed by atoms with Crippen molar-refractivity contribution in [2.45, 2.75) is 41.2 Å². The first kappa shape index (κ1) is 27.5. The minimum absolute atomic E-state index is 0.157. The first-order chi connectivity index (χ1) is 16.0. The van der Waals surface area contributed by atoms with Crippen molar-refractivity contribution in [3.05, 3.63) is 78.1 Å². The van der Waals surface area contributed by atoms with E-state index in [1.54, 1.807) is 44.6 Å². The highest BCUT2D eigenvalue weighted by Gasteiger charge is 2.20. The number of hydrogen-bond donors (Lipinski definition) is 0. The molecule has 3 aromatic rings. The summed E-state index contributed by atoms with van der Waals surface area (Å²) in [6.45, 7) is 9.58. The second-order valence-electron chi connectivity index (χ2n) is 6.31. The fraction of sp³-hybridized carbons (Fsp3) is 0.296. The number of nitrogens with zero attached hydrogens (tertiary/aromatic N) is 1. The van der Waals surface area contributed by atoms with Crippen LogP contribution in [-0.2, 0) is 11.3 Å². The first-order valence-corrected chi connectivity index (χ1v) is 11.0. The molecule has 0 aliphatic rings. The van der Waals surface area contributed by atoms with Crippen molar-refractivity contribution in [2.75, 3.05) is 19.1 Å². The van der Waals surface area contributed by atoms with Crippen LogP contribution < -0.4 is 19.1 Å². The largest absolute Gasteiger partial charge is 0.497 e. The Morgan fingerprint density at radius 3 is 2.03 bits per heavy atom. The van der Waals surface area contributed by atoms with Gasteiger partial charge >= 0.3 is 0 Å². The number of amides is 1. The molecule has 0 aliphatic heterocycles. The molecule has 0 aliphatic carbocycles. The zero-order valence-electron chi connectivity index (χ0n) is 20.5. The Balaban J connectivity index is 0.00000129. The van der Waals surface area contributed by atoms with Gasteiger partial charge in [-0.3, -0.25) is 4.79 Å². The molecule has 0 spiro atoms. The monoisotopic (exact) mass is 455 g/mol. The maximum atomic E-state index is 14.1. The molecule has 0 atom stereocenters. The molecule has 0 radical (unpaired) electrons. The highest BCUT2D eigenvalue weighted by atomic mass is 19.1. The van der Waals surface area contributed by atoms with E-state index >= 15 is 0 Å². The third-order valence-electron chi connectivity index (χ3n) is 4.38. The van der Waals surface area contributed by atoms with Gasteiger partial charge in [-0.2, -0.15) is 0 Å². The predicted octanol–water partition coefficient (Wildman–Crippen LogP) is 7.24. The molecule has 0 unspecified atom stereocenters. The molecule has 0 saturated heterocycles. The Bertz CT molecular complexity index is 993. The summed E-state index contributed by atoms with van der Waals surface area (Å²) in [5.74, 6) is 1.45. The van der Waals surface area contributed by atoms with E-state index in [1.807, 2.05) is 45.9 Å². The molecule has 178 valence electrons. The number of benzene rings is 3. The number of hydrogen-bond acceptors (Lipinski definition) is 4. The number of halogens is 1. The minimum atomic E-state index is -0.468. The standard InChI is InChI=1S/C23H22FNO4.2C2H6/c1-16(26)25(15-17-13-20(27-2)10-12-22(17)28-3)21-14-18(24)9-11-23(21)29-19-7-5-4-6-8-19;2*1-2/h4-14H,15H2,1-3H3;2*1-2H3. The Kier molecular flexibility index (Phi) is 12.1. The van der Waals surface area contributed by atoms with Crippen molar-refractivity contribution >= 4 is 11.6 Å². The van der Waals surface area contributed by atoms with Crippen molar-refractivity contribution in [1.29, 1.82) is 0 Å². The van der Waals surface area contributed by atoms with Crippen molar-refractivity contribution in [1.82, 2.24) is 0 Å². The quantitative estimate of drug-likeness (QED) is 0.377. The number of anilines is 1. The minimum Gasteiger partial charge on any atom is -0.497 e. The Morgan fingerprint density at radius 1 is 0.818 bits per heavy atom. The summed E-state index contributed by atoms with van der Waals surface area (Å²) in [5, 5.41) is 0. The number of carbonyl (C=O) groups is 1. The van der Waals surface area contributed by atoms with Crippen LogP contribution in [0.1, 0.15) is 40.2 Å². The van der Waals surface area contributed by atoms with Gasteiger partial charge in [-0.25, -0.2) is 4.39 Å². The van der Waals surface area contributed by atoms with Gasteiger partial charge in [0.1, 0.15) is 23.1 Å². The molecule has 0 N–H and O–H groups in total. The Labute approximate surface area is 196 Å². The summed E-state index contributed by atoms with van der Waals surface area (Å²) in [6.07, 6.45) is 0. The molecule has 3 rings (SSSR count). The predicted molar refractivity (Wildman–Crippen MR) is 132 cm³/mol. The van der Waals surface area contributed by atoms with Crippen LogP contribution in [0.4, 0.5) is 10.1 Å². The van der Waals surface area contributed by atoms with Crippen LogP contribution in [-0.4, -0.2) is 20.1 Å². The third kappa shape index (κ3) is 7.83. The normalized spacial score (nSPS) is 9.45. The number of carbonyl (C=O) groups excluding carboxylic acids is 1. The van der Waals surface area contributed by atoms with Crippen LogP contribution in [0, 0.1) is 5.82 Å². The van der Waals surface area contributed by atoms with Gasteiger partial charge in [-0.1, -0.05) is 45.9 Å². The van der Waals surface area contributed by atoms with Crippen LogP contribution in [0.25, 0.3) is 0 Å². The molecule has 0 heterocycles. The van der Waals surface area contributed by atoms with Crippen LogP contribution >= 0.6 is 0 Å². The van der Waals surface area contributed by atoms with Crippen molar-refractivity contribution in [2.24, 2.45) is 0 Å². The van der Waals surface area contributed by atoms with E-state index in [1.165, 1.54) is 30.0 Å². The maximum absolute atomic E-state index is 14.1. The molecular formula is C27H34FNO4. The van der Waals surface area contributed by atoms with Gasteiger partial charge in [0.25, 0.3) is 0 Å². The molecule has 3 aromatic carbocycles. The molecule has 6 heteroatoms. The van der Waals surface area contributed by atoms with Gasteiger partial charge in [0.15, 0.2) is 5.75 Å². The molecule has 0 bridgehead atoms. The first-order valence-electron chi connectivity index (χ1n) is 11.0. The van der Waals surface area contributed by atoms with Gasteiger partial charge in [-0.05, 0) is 42.5 Å². The molecule has 0 saturated carbocycles. The van der Waals surface area contributed by atoms with Crippen molar-refractivity contribution in [3.8, 4) is 23.0 Å².